The van der Waals surface area contributed by atoms with Crippen LogP contribution in [-0.4, -0.2) is 12.2 Å². The molecule has 1 unspecified atom stereocenters. The van der Waals surface area contributed by atoms with Gasteiger partial charge in [-0.2, -0.15) is 13.2 Å². The third kappa shape index (κ3) is 4.33. The molecule has 1 aliphatic carbocycles. The van der Waals surface area contributed by atoms with Crippen LogP contribution in [0, 0.1) is 17.7 Å². The minimum atomic E-state index is -4.10. The van der Waals surface area contributed by atoms with Gasteiger partial charge in [0.25, 0.3) is 0 Å². The number of rotatable bonds is 3. The second kappa shape index (κ2) is 6.53. The molecule has 0 aliphatic heterocycles. The van der Waals surface area contributed by atoms with E-state index in [9.17, 15) is 17.6 Å². The third-order valence-electron chi connectivity index (χ3n) is 4.31. The predicted molar refractivity (Wildman–Crippen MR) is 74.6 cm³/mol. The number of halogens is 5. The van der Waals surface area contributed by atoms with E-state index in [-0.39, 0.29) is 24.8 Å². The molecular weight excluding hydrogens is 306 g/mol. The van der Waals surface area contributed by atoms with Crippen molar-refractivity contribution >= 4 is 11.6 Å². The van der Waals surface area contributed by atoms with Gasteiger partial charge >= 0.3 is 6.18 Å². The van der Waals surface area contributed by atoms with Gasteiger partial charge in [-0.25, -0.2) is 4.39 Å². The molecule has 0 amide bonds. The fourth-order valence-electron chi connectivity index (χ4n) is 2.98. The molecule has 1 fully saturated rings. The summed E-state index contributed by atoms with van der Waals surface area (Å²) >= 11 is 5.95. The van der Waals surface area contributed by atoms with Crippen LogP contribution < -0.4 is 5.73 Å². The molecule has 0 heterocycles. The molecule has 1 aliphatic rings. The maximum Gasteiger partial charge on any atom is 0.391 e. The zero-order chi connectivity index (χ0) is 15.6. The van der Waals surface area contributed by atoms with Gasteiger partial charge in [-0.15, -0.1) is 0 Å². The monoisotopic (exact) mass is 323 g/mol. The highest BCUT2D eigenvalue weighted by molar-refractivity contribution is 6.31. The number of hydrogen-bond donors (Lipinski definition) is 1. The van der Waals surface area contributed by atoms with Crippen LogP contribution in [0.15, 0.2) is 18.2 Å². The minimum Gasteiger partial charge on any atom is -0.327 e. The first-order chi connectivity index (χ1) is 9.77. The summed E-state index contributed by atoms with van der Waals surface area (Å²) in [6.07, 6.45) is -2.41. The Morgan fingerprint density at radius 3 is 2.33 bits per heavy atom. The van der Waals surface area contributed by atoms with Crippen LogP contribution in [0.25, 0.3) is 0 Å². The summed E-state index contributed by atoms with van der Waals surface area (Å²) < 4.78 is 50.8. The van der Waals surface area contributed by atoms with Gasteiger partial charge in [0.2, 0.25) is 0 Å². The molecule has 21 heavy (non-hydrogen) atoms. The third-order valence-corrected chi connectivity index (χ3v) is 4.66. The zero-order valence-corrected chi connectivity index (χ0v) is 12.2. The van der Waals surface area contributed by atoms with Crippen LogP contribution in [0.2, 0.25) is 5.02 Å². The zero-order valence-electron chi connectivity index (χ0n) is 11.5. The number of nitrogens with two attached hydrogens (primary N) is 1. The highest BCUT2D eigenvalue weighted by Crippen LogP contribution is 2.40. The number of alkyl halides is 3. The second-order valence-electron chi connectivity index (χ2n) is 5.76. The van der Waals surface area contributed by atoms with Crippen molar-refractivity contribution in [3.63, 3.8) is 0 Å². The molecule has 1 atom stereocenters. The van der Waals surface area contributed by atoms with E-state index in [4.69, 9.17) is 17.3 Å². The van der Waals surface area contributed by atoms with E-state index >= 15 is 0 Å². The van der Waals surface area contributed by atoms with Gasteiger partial charge in [0.05, 0.1) is 5.92 Å². The Balaban J connectivity index is 1.92. The molecule has 1 aromatic rings. The van der Waals surface area contributed by atoms with E-state index in [0.717, 1.165) is 5.56 Å². The smallest absolute Gasteiger partial charge is 0.327 e. The highest BCUT2D eigenvalue weighted by atomic mass is 35.5. The normalized spacial score (nSPS) is 24.9. The van der Waals surface area contributed by atoms with Gasteiger partial charge in [0.1, 0.15) is 5.82 Å². The van der Waals surface area contributed by atoms with E-state index in [1.54, 1.807) is 6.07 Å². The van der Waals surface area contributed by atoms with Gasteiger partial charge in [0.15, 0.2) is 0 Å². The molecule has 2 rings (SSSR count). The lowest BCUT2D eigenvalue weighted by atomic mass is 9.77. The molecule has 6 heteroatoms. The van der Waals surface area contributed by atoms with Crippen LogP contribution in [0.1, 0.15) is 31.2 Å². The lowest BCUT2D eigenvalue weighted by Crippen LogP contribution is -2.37. The standard InChI is InChI=1S/C15H18ClF4N/c16-13-8-12(17)6-3-10(13)7-14(21)9-1-4-11(5-2-9)15(18,19)20/h3,6,8-9,11,14H,1-2,4-5,7,21H2. The summed E-state index contributed by atoms with van der Waals surface area (Å²) in [7, 11) is 0. The van der Waals surface area contributed by atoms with Crippen LogP contribution in [0.5, 0.6) is 0 Å². The topological polar surface area (TPSA) is 26.0 Å². The Hall–Kier alpha value is -0.810. The molecule has 0 saturated heterocycles. The van der Waals surface area contributed by atoms with Crippen molar-refractivity contribution in [1.82, 2.24) is 0 Å². The van der Waals surface area contributed by atoms with Crippen molar-refractivity contribution in [1.29, 1.82) is 0 Å². The molecule has 2 N–H and O–H groups in total. The molecule has 0 bridgehead atoms. The molecule has 1 nitrogen and oxygen atoms in total. The van der Waals surface area contributed by atoms with Crippen LogP contribution in [0.3, 0.4) is 0 Å². The average Bonchev–Trinajstić information content (AvgIpc) is 2.41. The molecule has 1 aromatic carbocycles. The fraction of sp³-hybridized carbons (Fsp3) is 0.600. The molecule has 0 spiro atoms. The van der Waals surface area contributed by atoms with E-state index in [1.165, 1.54) is 12.1 Å². The summed E-state index contributed by atoms with van der Waals surface area (Å²) in [6.45, 7) is 0. The SMILES string of the molecule is NC(Cc1ccc(F)cc1Cl)C1CCC(C(F)(F)F)CC1. The Morgan fingerprint density at radius 1 is 1.19 bits per heavy atom. The molecule has 0 aromatic heterocycles. The van der Waals surface area contributed by atoms with Crippen molar-refractivity contribution in [2.45, 2.75) is 44.3 Å². The fourth-order valence-corrected chi connectivity index (χ4v) is 3.23. The van der Waals surface area contributed by atoms with E-state index in [2.05, 4.69) is 0 Å². The molecule has 0 radical (unpaired) electrons. The van der Waals surface area contributed by atoms with Gasteiger partial charge < -0.3 is 5.73 Å². The van der Waals surface area contributed by atoms with Crippen molar-refractivity contribution in [3.8, 4) is 0 Å². The predicted octanol–water partition coefficient (Wildman–Crippen LogP) is 4.72. The Morgan fingerprint density at radius 2 is 1.81 bits per heavy atom. The van der Waals surface area contributed by atoms with Crippen LogP contribution in [-0.2, 0) is 6.42 Å². The summed E-state index contributed by atoms with van der Waals surface area (Å²) in [6, 6.07) is 3.87. The summed E-state index contributed by atoms with van der Waals surface area (Å²) in [5.41, 5.74) is 6.85. The maximum atomic E-state index is 13.0. The average molecular weight is 324 g/mol. The molecule has 118 valence electrons. The first kappa shape index (κ1) is 16.6. The van der Waals surface area contributed by atoms with E-state index < -0.39 is 17.9 Å². The lowest BCUT2D eigenvalue weighted by Gasteiger charge is -2.33. The van der Waals surface area contributed by atoms with Gasteiger partial charge in [-0.1, -0.05) is 17.7 Å². The van der Waals surface area contributed by atoms with Crippen molar-refractivity contribution in [3.05, 3.63) is 34.6 Å². The van der Waals surface area contributed by atoms with Gasteiger partial charge in [0, 0.05) is 11.1 Å². The first-order valence-electron chi connectivity index (χ1n) is 7.03. The Bertz CT molecular complexity index is 481. The van der Waals surface area contributed by atoms with Crippen molar-refractivity contribution in [2.24, 2.45) is 17.6 Å². The summed E-state index contributed by atoms with van der Waals surface area (Å²) in [4.78, 5) is 0. The highest BCUT2D eigenvalue weighted by Gasteiger charge is 2.42. The minimum absolute atomic E-state index is 0.0599. The van der Waals surface area contributed by atoms with E-state index in [1.807, 2.05) is 0 Å². The maximum absolute atomic E-state index is 13.0. The largest absolute Gasteiger partial charge is 0.391 e. The molecular formula is C15H18ClF4N. The Kier molecular flexibility index (Phi) is 5.15. The Labute approximate surface area is 126 Å². The van der Waals surface area contributed by atoms with Crippen molar-refractivity contribution < 1.29 is 17.6 Å². The van der Waals surface area contributed by atoms with Crippen molar-refractivity contribution in [2.75, 3.05) is 0 Å². The number of hydrogen-bond acceptors (Lipinski definition) is 1. The second-order valence-corrected chi connectivity index (χ2v) is 6.16. The van der Waals surface area contributed by atoms with E-state index in [0.29, 0.717) is 24.3 Å². The van der Waals surface area contributed by atoms with Gasteiger partial charge in [-0.3, -0.25) is 0 Å². The first-order valence-corrected chi connectivity index (χ1v) is 7.41. The summed E-state index contributed by atoms with van der Waals surface area (Å²) in [5.74, 6) is -1.55. The lowest BCUT2D eigenvalue weighted by molar-refractivity contribution is -0.184. The number of benzene rings is 1. The quantitative estimate of drug-likeness (QED) is 0.800. The summed E-state index contributed by atoms with van der Waals surface area (Å²) in [5, 5.41) is 0.314. The molecule has 1 saturated carbocycles. The van der Waals surface area contributed by atoms with Gasteiger partial charge in [-0.05, 0) is 55.7 Å². The van der Waals surface area contributed by atoms with Crippen LogP contribution in [0.4, 0.5) is 17.6 Å². The van der Waals surface area contributed by atoms with Crippen LogP contribution >= 0.6 is 11.6 Å².